The van der Waals surface area contributed by atoms with Gasteiger partial charge in [-0.2, -0.15) is 5.01 Å². The summed E-state index contributed by atoms with van der Waals surface area (Å²) in [6.45, 7) is 1.75. The van der Waals surface area contributed by atoms with Crippen LogP contribution in [-0.4, -0.2) is 44.4 Å². The van der Waals surface area contributed by atoms with E-state index in [2.05, 4.69) is 15.5 Å². The van der Waals surface area contributed by atoms with E-state index in [1.165, 1.54) is 19.2 Å². The maximum Gasteiger partial charge on any atom is 0.344 e. The van der Waals surface area contributed by atoms with E-state index in [0.717, 1.165) is 18.9 Å². The molecule has 1 saturated carbocycles. The number of benzene rings is 2. The Hall–Kier alpha value is -3.44. The van der Waals surface area contributed by atoms with Crippen LogP contribution < -0.4 is 20.2 Å². The second-order valence-corrected chi connectivity index (χ2v) is 9.58. The summed E-state index contributed by atoms with van der Waals surface area (Å²) < 4.78 is 33.1. The van der Waals surface area contributed by atoms with Gasteiger partial charge in [-0.3, -0.25) is 15.0 Å². The number of sulfonamides is 1. The van der Waals surface area contributed by atoms with E-state index in [1.54, 1.807) is 37.3 Å². The van der Waals surface area contributed by atoms with E-state index in [-0.39, 0.29) is 28.7 Å². The Kier molecular flexibility index (Phi) is 5.85. The molecule has 3 N–H and O–H groups in total. The summed E-state index contributed by atoms with van der Waals surface area (Å²) in [5, 5.41) is 3.29. The Balaban J connectivity index is 1.60. The second-order valence-electron chi connectivity index (χ2n) is 7.90. The maximum atomic E-state index is 13.2. The molecule has 0 radical (unpaired) electrons. The molecule has 1 aliphatic carbocycles. The van der Waals surface area contributed by atoms with Gasteiger partial charge < -0.3 is 10.1 Å². The number of methoxy groups -OCH3 is 1. The number of hydrogen-bond acceptors (Lipinski definition) is 6. The minimum absolute atomic E-state index is 0.0544. The molecular formula is C22H24N4O6S. The average Bonchev–Trinajstić information content (AvgIpc) is 3.59. The van der Waals surface area contributed by atoms with Crippen molar-refractivity contribution in [3.05, 3.63) is 59.7 Å². The first-order chi connectivity index (χ1) is 15.7. The summed E-state index contributed by atoms with van der Waals surface area (Å²) in [6.07, 6.45) is 1.76. The van der Waals surface area contributed by atoms with Gasteiger partial charge in [0.2, 0.25) is 10.0 Å². The Bertz CT molecular complexity index is 1210. The van der Waals surface area contributed by atoms with Crippen molar-refractivity contribution in [3.63, 3.8) is 0 Å². The molecule has 1 unspecified atom stereocenters. The number of nitrogens with one attached hydrogen (secondary N) is 3. The second kappa shape index (κ2) is 8.49. The number of hydrogen-bond donors (Lipinski definition) is 3. The largest absolute Gasteiger partial charge is 0.495 e. The molecule has 2 aromatic rings. The highest BCUT2D eigenvalue weighted by Crippen LogP contribution is 2.32. The molecule has 2 fully saturated rings. The molecule has 2 aromatic carbocycles. The van der Waals surface area contributed by atoms with Crippen molar-refractivity contribution in [1.82, 2.24) is 20.5 Å². The first kappa shape index (κ1) is 22.7. The maximum absolute atomic E-state index is 13.2. The zero-order valence-electron chi connectivity index (χ0n) is 18.1. The summed E-state index contributed by atoms with van der Waals surface area (Å²) in [7, 11) is -2.59. The molecule has 2 aliphatic rings. The van der Waals surface area contributed by atoms with Crippen molar-refractivity contribution in [2.75, 3.05) is 7.11 Å². The molecule has 4 amide bonds. The van der Waals surface area contributed by atoms with E-state index in [4.69, 9.17) is 4.74 Å². The number of carbonyl (C=O) groups is 3. The standard InChI is InChI=1S/C22H24N4O6S/c1-3-22(15-7-5-4-6-8-15)20(28)26(21(29)23-22)24-19(27)14-9-12-17(32-2)18(13-14)33(30,31)25-16-10-11-16/h4-9,12-13,16,25H,3,10-11H2,1-2H3,(H,23,29)(H,24,27). The number of amides is 4. The van der Waals surface area contributed by atoms with Crippen LogP contribution in [0.15, 0.2) is 53.4 Å². The van der Waals surface area contributed by atoms with Gasteiger partial charge in [0.1, 0.15) is 16.2 Å². The van der Waals surface area contributed by atoms with E-state index >= 15 is 0 Å². The first-order valence-electron chi connectivity index (χ1n) is 10.5. The third kappa shape index (κ3) is 4.16. The minimum atomic E-state index is -3.92. The minimum Gasteiger partial charge on any atom is -0.495 e. The molecule has 1 saturated heterocycles. The molecule has 4 rings (SSSR count). The van der Waals surface area contributed by atoms with Crippen molar-refractivity contribution in [1.29, 1.82) is 0 Å². The van der Waals surface area contributed by atoms with Gasteiger partial charge in [0, 0.05) is 11.6 Å². The van der Waals surface area contributed by atoms with E-state index < -0.39 is 33.4 Å². The number of nitrogens with zero attached hydrogens (tertiary/aromatic N) is 1. The lowest BCUT2D eigenvalue weighted by atomic mass is 9.87. The normalized spacial score (nSPS) is 20.5. The Morgan fingerprint density at radius 1 is 1.18 bits per heavy atom. The SMILES string of the molecule is CCC1(c2ccccc2)NC(=O)N(NC(=O)c2ccc(OC)c(S(=O)(=O)NC3CC3)c2)C1=O. The fourth-order valence-electron chi connectivity index (χ4n) is 3.72. The summed E-state index contributed by atoms with van der Waals surface area (Å²) in [5.74, 6) is -1.38. The quantitative estimate of drug-likeness (QED) is 0.500. The van der Waals surface area contributed by atoms with Crippen molar-refractivity contribution in [2.45, 2.75) is 42.7 Å². The number of carbonyl (C=O) groups excluding carboxylic acids is 3. The van der Waals surface area contributed by atoms with E-state index in [9.17, 15) is 22.8 Å². The highest BCUT2D eigenvalue weighted by atomic mass is 32.2. The fourth-order valence-corrected chi connectivity index (χ4v) is 5.22. The van der Waals surface area contributed by atoms with Crippen molar-refractivity contribution in [2.24, 2.45) is 0 Å². The monoisotopic (exact) mass is 472 g/mol. The first-order valence-corrected chi connectivity index (χ1v) is 11.9. The number of urea groups is 1. The lowest BCUT2D eigenvalue weighted by Gasteiger charge is -2.25. The lowest BCUT2D eigenvalue weighted by molar-refractivity contribution is -0.133. The summed E-state index contributed by atoms with van der Waals surface area (Å²) in [4.78, 5) is 38.5. The molecule has 10 nitrogen and oxygen atoms in total. The number of imide groups is 1. The van der Waals surface area contributed by atoms with Gasteiger partial charge in [0.25, 0.3) is 11.8 Å². The Morgan fingerprint density at radius 2 is 1.88 bits per heavy atom. The molecule has 33 heavy (non-hydrogen) atoms. The van der Waals surface area contributed by atoms with Gasteiger partial charge in [-0.25, -0.2) is 17.9 Å². The van der Waals surface area contributed by atoms with Gasteiger partial charge in [-0.1, -0.05) is 37.3 Å². The van der Waals surface area contributed by atoms with Crippen molar-refractivity contribution >= 4 is 27.9 Å². The molecule has 1 atom stereocenters. The fraction of sp³-hybridized carbons (Fsp3) is 0.318. The van der Waals surface area contributed by atoms with Crippen LogP contribution in [0.5, 0.6) is 5.75 Å². The van der Waals surface area contributed by atoms with Gasteiger partial charge in [-0.05, 0) is 43.0 Å². The Labute approximate surface area is 191 Å². The van der Waals surface area contributed by atoms with Crippen LogP contribution in [0.2, 0.25) is 0 Å². The molecule has 174 valence electrons. The zero-order valence-corrected chi connectivity index (χ0v) is 18.9. The average molecular weight is 473 g/mol. The van der Waals surface area contributed by atoms with Crippen LogP contribution >= 0.6 is 0 Å². The third-order valence-corrected chi connectivity index (χ3v) is 7.26. The van der Waals surface area contributed by atoms with Gasteiger partial charge in [-0.15, -0.1) is 0 Å². The molecule has 0 spiro atoms. The number of hydrazine groups is 1. The smallest absolute Gasteiger partial charge is 0.344 e. The van der Waals surface area contributed by atoms with Crippen LogP contribution in [0, 0.1) is 0 Å². The number of ether oxygens (including phenoxy) is 1. The van der Waals surface area contributed by atoms with Crippen LogP contribution in [0.1, 0.15) is 42.1 Å². The van der Waals surface area contributed by atoms with Gasteiger partial charge in [0.05, 0.1) is 7.11 Å². The molecular weight excluding hydrogens is 448 g/mol. The highest BCUT2D eigenvalue weighted by Gasteiger charge is 2.52. The highest BCUT2D eigenvalue weighted by molar-refractivity contribution is 7.89. The summed E-state index contributed by atoms with van der Waals surface area (Å²) in [6, 6.07) is 11.7. The summed E-state index contributed by atoms with van der Waals surface area (Å²) >= 11 is 0. The summed E-state index contributed by atoms with van der Waals surface area (Å²) in [5.41, 5.74) is 1.52. The van der Waals surface area contributed by atoms with E-state index in [1.807, 2.05) is 0 Å². The molecule has 11 heteroatoms. The lowest BCUT2D eigenvalue weighted by Crippen LogP contribution is -2.48. The van der Waals surface area contributed by atoms with Crippen LogP contribution in [0.3, 0.4) is 0 Å². The predicted octanol–water partition coefficient (Wildman–Crippen LogP) is 1.64. The Morgan fingerprint density at radius 3 is 2.48 bits per heavy atom. The van der Waals surface area contributed by atoms with Crippen molar-refractivity contribution in [3.8, 4) is 5.75 Å². The van der Waals surface area contributed by atoms with Gasteiger partial charge in [0.15, 0.2) is 0 Å². The van der Waals surface area contributed by atoms with E-state index in [0.29, 0.717) is 10.6 Å². The number of rotatable bonds is 8. The zero-order chi connectivity index (χ0) is 23.8. The third-order valence-electron chi connectivity index (χ3n) is 5.72. The van der Waals surface area contributed by atoms with Crippen molar-refractivity contribution < 1.29 is 27.5 Å². The van der Waals surface area contributed by atoms with Crippen LogP contribution in [0.25, 0.3) is 0 Å². The predicted molar refractivity (Wildman–Crippen MR) is 118 cm³/mol. The van der Waals surface area contributed by atoms with Crippen LogP contribution in [-0.2, 0) is 20.4 Å². The molecule has 0 aromatic heterocycles. The van der Waals surface area contributed by atoms with Gasteiger partial charge >= 0.3 is 6.03 Å². The molecule has 1 heterocycles. The molecule has 0 bridgehead atoms. The van der Waals surface area contributed by atoms with Crippen LogP contribution in [0.4, 0.5) is 4.79 Å². The molecule has 1 aliphatic heterocycles. The topological polar surface area (TPSA) is 134 Å².